The molecule has 0 bridgehead atoms. The van der Waals surface area contributed by atoms with Crippen LogP contribution in [0.15, 0.2) is 92.0 Å². The fourth-order valence-electron chi connectivity index (χ4n) is 4.09. The van der Waals surface area contributed by atoms with Gasteiger partial charge >= 0.3 is 0 Å². The molecule has 166 valence electrons. The van der Waals surface area contributed by atoms with Crippen LogP contribution in [0, 0.1) is 0 Å². The number of hydrogen-bond donors (Lipinski definition) is 2. The highest BCUT2D eigenvalue weighted by molar-refractivity contribution is 5.33. The molecule has 0 amide bonds. The predicted octanol–water partition coefficient (Wildman–Crippen LogP) is 5.33. The second-order valence-electron chi connectivity index (χ2n) is 8.24. The van der Waals surface area contributed by atoms with Crippen LogP contribution in [-0.4, -0.2) is 15.1 Å². The van der Waals surface area contributed by atoms with Gasteiger partial charge < -0.3 is 10.2 Å². The fraction of sp³-hybridized carbons (Fsp3) is 0.241. The largest absolute Gasteiger partial charge is 0.392 e. The Hall–Kier alpha value is -2.98. The molecule has 0 aliphatic heterocycles. The Morgan fingerprint density at radius 2 is 0.938 bits per heavy atom. The molecule has 0 saturated heterocycles. The molecular formula is C29H33NO2. The monoisotopic (exact) mass is 427 g/mol. The number of aliphatic hydroxyl groups is 2. The quantitative estimate of drug-likeness (QED) is 0.384. The van der Waals surface area contributed by atoms with Crippen molar-refractivity contribution in [3.05, 3.63) is 131 Å². The summed E-state index contributed by atoms with van der Waals surface area (Å²) in [5.41, 5.74) is 7.97. The van der Waals surface area contributed by atoms with Gasteiger partial charge in [-0.05, 0) is 51.8 Å². The van der Waals surface area contributed by atoms with Gasteiger partial charge in [0.15, 0.2) is 0 Å². The SMILES string of the molecule is C=CCc1cc(CC=C)cc(CN(Cc2cccc(CO)c2)Cc2cccc(CO)c2)c1. The van der Waals surface area contributed by atoms with Gasteiger partial charge in [-0.2, -0.15) is 0 Å². The molecule has 3 rings (SSSR count). The first kappa shape index (κ1) is 23.7. The molecule has 0 atom stereocenters. The van der Waals surface area contributed by atoms with Crippen LogP contribution in [0.5, 0.6) is 0 Å². The zero-order valence-electron chi connectivity index (χ0n) is 18.7. The van der Waals surface area contributed by atoms with Gasteiger partial charge in [0.1, 0.15) is 0 Å². The van der Waals surface area contributed by atoms with Gasteiger partial charge in [0.05, 0.1) is 13.2 Å². The van der Waals surface area contributed by atoms with E-state index in [4.69, 9.17) is 0 Å². The lowest BCUT2D eigenvalue weighted by Crippen LogP contribution is -2.23. The minimum absolute atomic E-state index is 0.0426. The van der Waals surface area contributed by atoms with Crippen molar-refractivity contribution in [1.82, 2.24) is 4.90 Å². The third-order valence-electron chi connectivity index (χ3n) is 5.44. The van der Waals surface area contributed by atoms with Crippen molar-refractivity contribution in [3.8, 4) is 0 Å². The molecular weight excluding hydrogens is 394 g/mol. The topological polar surface area (TPSA) is 43.7 Å². The van der Waals surface area contributed by atoms with E-state index >= 15 is 0 Å². The van der Waals surface area contributed by atoms with E-state index in [1.54, 1.807) is 0 Å². The van der Waals surface area contributed by atoms with Gasteiger partial charge in [-0.3, -0.25) is 4.90 Å². The smallest absolute Gasteiger partial charge is 0.0681 e. The molecule has 0 radical (unpaired) electrons. The Morgan fingerprint density at radius 3 is 1.38 bits per heavy atom. The molecule has 3 heteroatoms. The molecule has 0 fully saturated rings. The van der Waals surface area contributed by atoms with Crippen LogP contribution >= 0.6 is 0 Å². The van der Waals surface area contributed by atoms with Crippen molar-refractivity contribution in [3.63, 3.8) is 0 Å². The summed E-state index contributed by atoms with van der Waals surface area (Å²) in [6.45, 7) is 10.2. The van der Waals surface area contributed by atoms with Gasteiger partial charge in [-0.1, -0.05) is 78.9 Å². The second kappa shape index (κ2) is 12.2. The van der Waals surface area contributed by atoms with E-state index in [-0.39, 0.29) is 13.2 Å². The first-order valence-electron chi connectivity index (χ1n) is 11.1. The first-order chi connectivity index (χ1) is 15.6. The van der Waals surface area contributed by atoms with Gasteiger partial charge in [0, 0.05) is 19.6 Å². The summed E-state index contributed by atoms with van der Waals surface area (Å²) in [6.07, 6.45) is 5.56. The third-order valence-corrected chi connectivity index (χ3v) is 5.44. The van der Waals surface area contributed by atoms with Crippen molar-refractivity contribution in [2.45, 2.75) is 45.7 Å². The standard InChI is InChI=1S/C29H33NO2/c1-3-7-23-13-24(8-4-2)15-29(14-23)20-30(18-25-9-5-11-27(16-25)21-31)19-26-10-6-12-28(17-26)22-32/h3-6,9-17,31-32H,1-2,7-8,18-22H2. The zero-order chi connectivity index (χ0) is 22.8. The van der Waals surface area contributed by atoms with Crippen LogP contribution in [0.25, 0.3) is 0 Å². The molecule has 3 aromatic rings. The van der Waals surface area contributed by atoms with Crippen molar-refractivity contribution in [2.24, 2.45) is 0 Å². The Kier molecular flexibility index (Phi) is 9.00. The van der Waals surface area contributed by atoms with Crippen molar-refractivity contribution < 1.29 is 10.2 Å². The van der Waals surface area contributed by atoms with Crippen molar-refractivity contribution in [2.75, 3.05) is 0 Å². The molecule has 3 aromatic carbocycles. The highest BCUT2D eigenvalue weighted by atomic mass is 16.3. The van der Waals surface area contributed by atoms with E-state index in [0.29, 0.717) is 0 Å². The van der Waals surface area contributed by atoms with Crippen LogP contribution in [0.4, 0.5) is 0 Å². The van der Waals surface area contributed by atoms with Crippen LogP contribution < -0.4 is 0 Å². The average molecular weight is 428 g/mol. The summed E-state index contributed by atoms with van der Waals surface area (Å²) in [7, 11) is 0. The molecule has 32 heavy (non-hydrogen) atoms. The van der Waals surface area contributed by atoms with Gasteiger partial charge in [0.2, 0.25) is 0 Å². The van der Waals surface area contributed by atoms with E-state index in [1.807, 2.05) is 36.4 Å². The molecule has 0 aromatic heterocycles. The molecule has 0 aliphatic carbocycles. The van der Waals surface area contributed by atoms with E-state index in [9.17, 15) is 10.2 Å². The number of rotatable bonds is 12. The van der Waals surface area contributed by atoms with Gasteiger partial charge in [-0.25, -0.2) is 0 Å². The zero-order valence-corrected chi connectivity index (χ0v) is 18.7. The van der Waals surface area contributed by atoms with Crippen LogP contribution in [-0.2, 0) is 45.7 Å². The first-order valence-corrected chi connectivity index (χ1v) is 11.1. The molecule has 0 heterocycles. The van der Waals surface area contributed by atoms with E-state index < -0.39 is 0 Å². The van der Waals surface area contributed by atoms with Crippen molar-refractivity contribution >= 4 is 0 Å². The molecule has 0 saturated carbocycles. The predicted molar refractivity (Wildman–Crippen MR) is 132 cm³/mol. The highest BCUT2D eigenvalue weighted by Gasteiger charge is 2.11. The van der Waals surface area contributed by atoms with E-state index in [1.165, 1.54) is 27.8 Å². The highest BCUT2D eigenvalue weighted by Crippen LogP contribution is 2.19. The number of allylic oxidation sites excluding steroid dienone is 2. The minimum atomic E-state index is 0.0426. The Labute approximate surface area is 192 Å². The molecule has 3 nitrogen and oxygen atoms in total. The number of aliphatic hydroxyl groups excluding tert-OH is 2. The maximum absolute atomic E-state index is 9.53. The van der Waals surface area contributed by atoms with Crippen molar-refractivity contribution in [1.29, 1.82) is 0 Å². The molecule has 0 aliphatic rings. The normalized spacial score (nSPS) is 11.0. The molecule has 0 spiro atoms. The molecule has 2 N–H and O–H groups in total. The van der Waals surface area contributed by atoms with Gasteiger partial charge in [-0.15, -0.1) is 13.2 Å². The average Bonchev–Trinajstić information content (AvgIpc) is 2.79. The third kappa shape index (κ3) is 7.03. The van der Waals surface area contributed by atoms with E-state index in [2.05, 4.69) is 60.5 Å². The number of hydrogen-bond acceptors (Lipinski definition) is 3. The van der Waals surface area contributed by atoms with Crippen LogP contribution in [0.3, 0.4) is 0 Å². The second-order valence-corrected chi connectivity index (χ2v) is 8.24. The van der Waals surface area contributed by atoms with Crippen LogP contribution in [0.2, 0.25) is 0 Å². The number of nitrogens with zero attached hydrogens (tertiary/aromatic N) is 1. The minimum Gasteiger partial charge on any atom is -0.392 e. The Bertz CT molecular complexity index is 963. The lowest BCUT2D eigenvalue weighted by Gasteiger charge is -2.24. The van der Waals surface area contributed by atoms with E-state index in [0.717, 1.165) is 43.6 Å². The molecule has 0 unspecified atom stereocenters. The lowest BCUT2D eigenvalue weighted by molar-refractivity contribution is 0.246. The lowest BCUT2D eigenvalue weighted by atomic mass is 10.0. The Morgan fingerprint density at radius 1 is 0.562 bits per heavy atom. The number of benzene rings is 3. The fourth-order valence-corrected chi connectivity index (χ4v) is 4.09. The summed E-state index contributed by atoms with van der Waals surface area (Å²) < 4.78 is 0. The Balaban J connectivity index is 1.90. The summed E-state index contributed by atoms with van der Waals surface area (Å²) in [6, 6.07) is 23.0. The maximum Gasteiger partial charge on any atom is 0.0681 e. The maximum atomic E-state index is 9.53. The van der Waals surface area contributed by atoms with Crippen LogP contribution in [0.1, 0.15) is 38.9 Å². The summed E-state index contributed by atoms with van der Waals surface area (Å²) >= 11 is 0. The van der Waals surface area contributed by atoms with Gasteiger partial charge in [0.25, 0.3) is 0 Å². The summed E-state index contributed by atoms with van der Waals surface area (Å²) in [5.74, 6) is 0. The summed E-state index contributed by atoms with van der Waals surface area (Å²) in [5, 5.41) is 19.1. The summed E-state index contributed by atoms with van der Waals surface area (Å²) in [4.78, 5) is 2.40.